The minimum Gasteiger partial charge on any atom is -0.386 e. The first-order chi connectivity index (χ1) is 6.96. The molecule has 1 aliphatic heterocycles. The van der Waals surface area contributed by atoms with Crippen molar-refractivity contribution in [3.05, 3.63) is 12.2 Å². The van der Waals surface area contributed by atoms with Crippen molar-refractivity contribution in [3.8, 4) is 0 Å². The largest absolute Gasteiger partial charge is 0.386 e. The highest BCUT2D eigenvalue weighted by Crippen LogP contribution is 2.21. The zero-order valence-electron chi connectivity index (χ0n) is 8.75. The van der Waals surface area contributed by atoms with Gasteiger partial charge in [0.15, 0.2) is 0 Å². The van der Waals surface area contributed by atoms with Gasteiger partial charge in [-0.15, -0.1) is 0 Å². The van der Waals surface area contributed by atoms with Gasteiger partial charge in [0.25, 0.3) is 0 Å². The number of hydrogen-bond donors (Lipinski definition) is 1. The fraction of sp³-hybridized carbons (Fsp3) is 0.600. The normalized spacial score (nSPS) is 25.7. The molecule has 0 bridgehead atoms. The lowest BCUT2D eigenvalue weighted by molar-refractivity contribution is -0.181. The van der Waals surface area contributed by atoms with Crippen LogP contribution in [-0.4, -0.2) is 24.3 Å². The lowest BCUT2D eigenvalue weighted by Crippen LogP contribution is -2.53. The van der Waals surface area contributed by atoms with Crippen LogP contribution in [-0.2, 0) is 19.1 Å². The zero-order chi connectivity index (χ0) is 11.5. The third kappa shape index (κ3) is 2.87. The van der Waals surface area contributed by atoms with Crippen LogP contribution in [0.5, 0.6) is 0 Å². The summed E-state index contributed by atoms with van der Waals surface area (Å²) in [6.07, 6.45) is 2.02. The topological polar surface area (TPSA) is 78.6 Å². The van der Waals surface area contributed by atoms with E-state index in [1.807, 2.05) is 0 Å². The molecule has 5 heteroatoms. The molecule has 1 rings (SSSR count). The van der Waals surface area contributed by atoms with Crippen molar-refractivity contribution in [1.82, 2.24) is 0 Å². The van der Waals surface area contributed by atoms with Crippen LogP contribution in [0.3, 0.4) is 0 Å². The number of carbonyl (C=O) groups excluding carboxylic acids is 2. The van der Waals surface area contributed by atoms with Crippen LogP contribution in [0.2, 0.25) is 0 Å². The Morgan fingerprint density at radius 2 is 2.13 bits per heavy atom. The third-order valence-corrected chi connectivity index (χ3v) is 2.18. The van der Waals surface area contributed by atoms with Gasteiger partial charge >= 0.3 is 11.9 Å². The van der Waals surface area contributed by atoms with E-state index >= 15 is 0 Å². The molecule has 0 spiro atoms. The molecule has 1 saturated heterocycles. The maximum atomic E-state index is 11.5. The summed E-state index contributed by atoms with van der Waals surface area (Å²) in [5, 5.41) is 0. The smallest absolute Gasteiger partial charge is 0.361 e. The van der Waals surface area contributed by atoms with Crippen LogP contribution >= 0.6 is 0 Å². The molecule has 15 heavy (non-hydrogen) atoms. The Hall–Kier alpha value is -1.20. The average Bonchev–Trinajstić information content (AvgIpc) is 2.18. The van der Waals surface area contributed by atoms with Gasteiger partial charge in [-0.1, -0.05) is 6.58 Å². The van der Waals surface area contributed by atoms with Gasteiger partial charge in [-0.3, -0.25) is 5.73 Å². The lowest BCUT2D eigenvalue weighted by Gasteiger charge is -2.30. The highest BCUT2D eigenvalue weighted by molar-refractivity contribution is 5.97. The molecule has 1 aliphatic rings. The molecule has 0 aromatic heterocycles. The molecule has 1 unspecified atom stereocenters. The van der Waals surface area contributed by atoms with E-state index in [0.29, 0.717) is 13.0 Å². The molecule has 0 aromatic rings. The Morgan fingerprint density at radius 3 is 2.60 bits per heavy atom. The predicted octanol–water partition coefficient (Wildman–Crippen LogP) is 0.488. The Balaban J connectivity index is 2.59. The molecule has 1 fully saturated rings. The van der Waals surface area contributed by atoms with Crippen molar-refractivity contribution >= 4 is 11.9 Å². The Labute approximate surface area is 88.2 Å². The molecular formula is C10H15NO4. The van der Waals surface area contributed by atoms with Crippen LogP contribution in [0.25, 0.3) is 0 Å². The molecule has 0 amide bonds. The van der Waals surface area contributed by atoms with Crippen molar-refractivity contribution in [2.24, 2.45) is 5.73 Å². The monoisotopic (exact) mass is 213 g/mol. The Bertz CT molecular complexity index is 292. The van der Waals surface area contributed by atoms with Crippen molar-refractivity contribution in [1.29, 1.82) is 0 Å². The highest BCUT2D eigenvalue weighted by atomic mass is 16.6. The second kappa shape index (κ2) is 4.55. The van der Waals surface area contributed by atoms with E-state index in [1.54, 1.807) is 0 Å². The minimum absolute atomic E-state index is 0.155. The SMILES string of the molecule is C=C(C)C(=O)OC(=O)C1(N)CCCCO1. The molecule has 0 radical (unpaired) electrons. The summed E-state index contributed by atoms with van der Waals surface area (Å²) in [4.78, 5) is 22.6. The lowest BCUT2D eigenvalue weighted by atomic mass is 10.0. The summed E-state index contributed by atoms with van der Waals surface area (Å²) >= 11 is 0. The quantitative estimate of drug-likeness (QED) is 0.410. The third-order valence-electron chi connectivity index (χ3n) is 2.18. The van der Waals surface area contributed by atoms with E-state index < -0.39 is 17.7 Å². The van der Waals surface area contributed by atoms with E-state index in [0.717, 1.165) is 12.8 Å². The van der Waals surface area contributed by atoms with Crippen LogP contribution in [0.1, 0.15) is 26.2 Å². The first-order valence-corrected chi connectivity index (χ1v) is 4.81. The number of nitrogens with two attached hydrogens (primary N) is 1. The predicted molar refractivity (Wildman–Crippen MR) is 52.6 cm³/mol. The number of carbonyl (C=O) groups is 2. The maximum Gasteiger partial charge on any atom is 0.361 e. The van der Waals surface area contributed by atoms with Crippen molar-refractivity contribution in [2.75, 3.05) is 6.61 Å². The molecule has 0 aliphatic carbocycles. The summed E-state index contributed by atoms with van der Waals surface area (Å²) in [6, 6.07) is 0. The summed E-state index contributed by atoms with van der Waals surface area (Å²) < 4.78 is 9.66. The van der Waals surface area contributed by atoms with Gasteiger partial charge in [-0.25, -0.2) is 9.59 Å². The van der Waals surface area contributed by atoms with E-state index in [4.69, 9.17) is 10.5 Å². The maximum absolute atomic E-state index is 11.5. The molecular weight excluding hydrogens is 198 g/mol. The second-order valence-electron chi connectivity index (χ2n) is 3.65. The average molecular weight is 213 g/mol. The molecule has 5 nitrogen and oxygen atoms in total. The van der Waals surface area contributed by atoms with Crippen LogP contribution in [0, 0.1) is 0 Å². The van der Waals surface area contributed by atoms with Crippen LogP contribution in [0.4, 0.5) is 0 Å². The number of ether oxygens (including phenoxy) is 2. The van der Waals surface area contributed by atoms with Crippen molar-refractivity contribution in [3.63, 3.8) is 0 Å². The Kier molecular flexibility index (Phi) is 3.60. The van der Waals surface area contributed by atoms with Gasteiger partial charge in [-0.05, 0) is 19.8 Å². The van der Waals surface area contributed by atoms with Crippen LogP contribution < -0.4 is 5.73 Å². The number of hydrogen-bond acceptors (Lipinski definition) is 5. The Morgan fingerprint density at radius 1 is 1.47 bits per heavy atom. The molecule has 2 N–H and O–H groups in total. The summed E-state index contributed by atoms with van der Waals surface area (Å²) in [5.74, 6) is -1.60. The highest BCUT2D eigenvalue weighted by Gasteiger charge is 2.39. The van der Waals surface area contributed by atoms with E-state index in [2.05, 4.69) is 11.3 Å². The second-order valence-corrected chi connectivity index (χ2v) is 3.65. The van der Waals surface area contributed by atoms with E-state index in [1.165, 1.54) is 6.92 Å². The standard InChI is InChI=1S/C10H15NO4/c1-7(2)8(12)15-9(13)10(11)5-3-4-6-14-10/h1,3-6,11H2,2H3. The van der Waals surface area contributed by atoms with Gasteiger partial charge < -0.3 is 9.47 Å². The van der Waals surface area contributed by atoms with Gasteiger partial charge in [0, 0.05) is 18.6 Å². The molecule has 0 aromatic carbocycles. The zero-order valence-corrected chi connectivity index (χ0v) is 8.75. The van der Waals surface area contributed by atoms with Gasteiger partial charge in [0.2, 0.25) is 5.72 Å². The molecule has 1 atom stereocenters. The minimum atomic E-state index is -1.47. The number of rotatable bonds is 2. The molecule has 84 valence electrons. The first-order valence-electron chi connectivity index (χ1n) is 4.81. The van der Waals surface area contributed by atoms with Crippen molar-refractivity contribution in [2.45, 2.75) is 31.9 Å². The van der Waals surface area contributed by atoms with E-state index in [9.17, 15) is 9.59 Å². The van der Waals surface area contributed by atoms with E-state index in [-0.39, 0.29) is 5.57 Å². The first kappa shape index (κ1) is 11.9. The van der Waals surface area contributed by atoms with Crippen molar-refractivity contribution < 1.29 is 19.1 Å². The fourth-order valence-electron chi connectivity index (χ4n) is 1.23. The summed E-state index contributed by atoms with van der Waals surface area (Å²) in [7, 11) is 0. The fourth-order valence-corrected chi connectivity index (χ4v) is 1.23. The van der Waals surface area contributed by atoms with Gasteiger partial charge in [-0.2, -0.15) is 0 Å². The summed E-state index contributed by atoms with van der Waals surface area (Å²) in [6.45, 7) is 5.24. The van der Waals surface area contributed by atoms with Crippen LogP contribution in [0.15, 0.2) is 12.2 Å². The van der Waals surface area contributed by atoms with Gasteiger partial charge in [0.05, 0.1) is 0 Å². The molecule has 0 saturated carbocycles. The van der Waals surface area contributed by atoms with Gasteiger partial charge in [0.1, 0.15) is 0 Å². The summed E-state index contributed by atoms with van der Waals surface area (Å²) in [5.41, 5.74) is 4.36. The number of esters is 2. The molecule has 1 heterocycles.